The van der Waals surface area contributed by atoms with Gasteiger partial charge in [0.15, 0.2) is 0 Å². The van der Waals surface area contributed by atoms with Gasteiger partial charge in [0.25, 0.3) is 0 Å². The Labute approximate surface area is 96.4 Å². The van der Waals surface area contributed by atoms with Crippen molar-refractivity contribution in [1.29, 1.82) is 0 Å². The fraction of sp³-hybridized carbons (Fsp3) is 0.833. The van der Waals surface area contributed by atoms with Gasteiger partial charge in [-0.25, -0.2) is 0 Å². The van der Waals surface area contributed by atoms with E-state index in [1.54, 1.807) is 0 Å². The van der Waals surface area contributed by atoms with E-state index in [1.165, 1.54) is 6.42 Å². The van der Waals surface area contributed by atoms with Gasteiger partial charge in [-0.05, 0) is 24.7 Å². The summed E-state index contributed by atoms with van der Waals surface area (Å²) in [5, 5.41) is 11.4. The molecule has 1 saturated carbocycles. The highest BCUT2D eigenvalue weighted by Crippen LogP contribution is 2.30. The average Bonchev–Trinajstić information content (AvgIpc) is 2.16. The summed E-state index contributed by atoms with van der Waals surface area (Å²) < 4.78 is 0. The second-order valence-electron chi connectivity index (χ2n) is 4.94. The molecule has 2 N–H and O–H groups in total. The third-order valence-electron chi connectivity index (χ3n) is 3.33. The van der Waals surface area contributed by atoms with Crippen molar-refractivity contribution < 1.29 is 14.7 Å². The van der Waals surface area contributed by atoms with Crippen LogP contribution in [0.25, 0.3) is 0 Å². The summed E-state index contributed by atoms with van der Waals surface area (Å²) in [6.45, 7) is 4.32. The molecule has 0 spiro atoms. The predicted octanol–water partition coefficient (Wildman–Crippen LogP) is 1.79. The maximum absolute atomic E-state index is 11.4. The molecule has 0 aliphatic heterocycles. The van der Waals surface area contributed by atoms with Gasteiger partial charge < -0.3 is 10.4 Å². The molecule has 0 aromatic rings. The second-order valence-corrected chi connectivity index (χ2v) is 4.94. The summed E-state index contributed by atoms with van der Waals surface area (Å²) in [5.74, 6) is -0.388. The van der Waals surface area contributed by atoms with Crippen LogP contribution in [0.15, 0.2) is 0 Å². The number of rotatable bonds is 4. The zero-order valence-corrected chi connectivity index (χ0v) is 10.0. The molecule has 92 valence electrons. The first kappa shape index (κ1) is 13.0. The monoisotopic (exact) mass is 227 g/mol. The highest BCUT2D eigenvalue weighted by Gasteiger charge is 2.28. The second kappa shape index (κ2) is 5.87. The van der Waals surface area contributed by atoms with Crippen molar-refractivity contribution in [2.75, 3.05) is 0 Å². The van der Waals surface area contributed by atoms with E-state index in [9.17, 15) is 9.59 Å². The molecular formula is C12H21NO3. The summed E-state index contributed by atoms with van der Waals surface area (Å²) in [6.07, 6.45) is 4.04. The third-order valence-corrected chi connectivity index (χ3v) is 3.33. The molecule has 0 aromatic carbocycles. The van der Waals surface area contributed by atoms with Crippen LogP contribution in [-0.4, -0.2) is 23.0 Å². The SMILES string of the molecule is CC(C)C1CCCCC1NC(=O)CC(=O)O. The van der Waals surface area contributed by atoms with Crippen molar-refractivity contribution in [2.24, 2.45) is 11.8 Å². The number of carbonyl (C=O) groups excluding carboxylic acids is 1. The molecule has 0 radical (unpaired) electrons. The van der Waals surface area contributed by atoms with Crippen LogP contribution in [0.4, 0.5) is 0 Å². The average molecular weight is 227 g/mol. The van der Waals surface area contributed by atoms with Crippen LogP contribution >= 0.6 is 0 Å². The molecule has 0 heterocycles. The van der Waals surface area contributed by atoms with Crippen LogP contribution in [0, 0.1) is 11.8 Å². The number of nitrogens with one attached hydrogen (secondary N) is 1. The minimum absolute atomic E-state index is 0.167. The summed E-state index contributed by atoms with van der Waals surface area (Å²) in [4.78, 5) is 21.8. The van der Waals surface area contributed by atoms with E-state index in [-0.39, 0.29) is 11.9 Å². The zero-order valence-electron chi connectivity index (χ0n) is 10.0. The first-order valence-electron chi connectivity index (χ1n) is 6.02. The highest BCUT2D eigenvalue weighted by molar-refractivity contribution is 5.93. The van der Waals surface area contributed by atoms with E-state index >= 15 is 0 Å². The van der Waals surface area contributed by atoms with E-state index in [4.69, 9.17) is 5.11 Å². The lowest BCUT2D eigenvalue weighted by Gasteiger charge is -2.34. The van der Waals surface area contributed by atoms with Crippen molar-refractivity contribution in [3.63, 3.8) is 0 Å². The molecule has 2 atom stereocenters. The Hall–Kier alpha value is -1.06. The lowest BCUT2D eigenvalue weighted by molar-refractivity contribution is -0.141. The fourth-order valence-corrected chi connectivity index (χ4v) is 2.53. The van der Waals surface area contributed by atoms with E-state index in [0.29, 0.717) is 11.8 Å². The number of hydrogen-bond donors (Lipinski definition) is 2. The first-order chi connectivity index (χ1) is 7.50. The van der Waals surface area contributed by atoms with E-state index in [0.717, 1.165) is 19.3 Å². The molecule has 2 unspecified atom stereocenters. The molecule has 1 rings (SSSR count). The highest BCUT2D eigenvalue weighted by atomic mass is 16.4. The van der Waals surface area contributed by atoms with Crippen LogP contribution in [0.1, 0.15) is 46.0 Å². The minimum Gasteiger partial charge on any atom is -0.481 e. The Morgan fingerprint density at radius 3 is 2.50 bits per heavy atom. The fourth-order valence-electron chi connectivity index (χ4n) is 2.53. The molecule has 1 aliphatic rings. The van der Waals surface area contributed by atoms with Gasteiger partial charge in [0.2, 0.25) is 5.91 Å². The van der Waals surface area contributed by atoms with Crippen molar-refractivity contribution in [2.45, 2.75) is 52.0 Å². The summed E-state index contributed by atoms with van der Waals surface area (Å²) >= 11 is 0. The summed E-state index contributed by atoms with van der Waals surface area (Å²) in [5.41, 5.74) is 0. The van der Waals surface area contributed by atoms with E-state index in [2.05, 4.69) is 19.2 Å². The van der Waals surface area contributed by atoms with Crippen LogP contribution in [0.2, 0.25) is 0 Å². The van der Waals surface area contributed by atoms with Gasteiger partial charge in [-0.15, -0.1) is 0 Å². The van der Waals surface area contributed by atoms with Gasteiger partial charge in [-0.3, -0.25) is 9.59 Å². The van der Waals surface area contributed by atoms with E-state index in [1.807, 2.05) is 0 Å². The Balaban J connectivity index is 2.49. The molecule has 0 bridgehead atoms. The maximum Gasteiger partial charge on any atom is 0.312 e. The molecule has 0 saturated heterocycles. The maximum atomic E-state index is 11.4. The van der Waals surface area contributed by atoms with Crippen molar-refractivity contribution in [3.05, 3.63) is 0 Å². The van der Waals surface area contributed by atoms with Crippen molar-refractivity contribution in [3.8, 4) is 0 Å². The summed E-state index contributed by atoms with van der Waals surface area (Å²) in [6, 6.07) is 0.167. The number of aliphatic carboxylic acids is 1. The lowest BCUT2D eigenvalue weighted by atomic mass is 9.78. The lowest BCUT2D eigenvalue weighted by Crippen LogP contribution is -2.44. The predicted molar refractivity (Wildman–Crippen MR) is 61.0 cm³/mol. The Bertz CT molecular complexity index is 263. The molecule has 0 aromatic heterocycles. The molecule has 1 amide bonds. The molecular weight excluding hydrogens is 206 g/mol. The Kier molecular flexibility index (Phi) is 4.77. The Morgan fingerprint density at radius 1 is 1.31 bits per heavy atom. The number of carboxylic acid groups (broad SMARTS) is 1. The van der Waals surface area contributed by atoms with Gasteiger partial charge in [0.05, 0.1) is 0 Å². The largest absolute Gasteiger partial charge is 0.481 e. The summed E-state index contributed by atoms with van der Waals surface area (Å²) in [7, 11) is 0. The smallest absolute Gasteiger partial charge is 0.312 e. The normalized spacial score (nSPS) is 25.4. The number of amides is 1. The molecule has 1 aliphatic carbocycles. The third kappa shape index (κ3) is 3.83. The number of hydrogen-bond acceptors (Lipinski definition) is 2. The van der Waals surface area contributed by atoms with Crippen molar-refractivity contribution >= 4 is 11.9 Å². The molecule has 4 heteroatoms. The van der Waals surface area contributed by atoms with Gasteiger partial charge in [-0.2, -0.15) is 0 Å². The Morgan fingerprint density at radius 2 is 1.94 bits per heavy atom. The number of carboxylic acids is 1. The topological polar surface area (TPSA) is 66.4 Å². The van der Waals surface area contributed by atoms with Gasteiger partial charge in [0.1, 0.15) is 6.42 Å². The van der Waals surface area contributed by atoms with Crippen LogP contribution in [0.5, 0.6) is 0 Å². The first-order valence-corrected chi connectivity index (χ1v) is 6.02. The molecule has 1 fully saturated rings. The standard InChI is InChI=1S/C12H21NO3/c1-8(2)9-5-3-4-6-10(9)13-11(14)7-12(15)16/h8-10H,3-7H2,1-2H3,(H,13,14)(H,15,16). The minimum atomic E-state index is -1.06. The van der Waals surface area contributed by atoms with Crippen LogP contribution in [-0.2, 0) is 9.59 Å². The number of carbonyl (C=O) groups is 2. The quantitative estimate of drug-likeness (QED) is 0.719. The van der Waals surface area contributed by atoms with Gasteiger partial charge in [-0.1, -0.05) is 26.7 Å². The van der Waals surface area contributed by atoms with E-state index < -0.39 is 12.4 Å². The zero-order chi connectivity index (χ0) is 12.1. The van der Waals surface area contributed by atoms with Crippen LogP contribution < -0.4 is 5.32 Å². The van der Waals surface area contributed by atoms with Crippen molar-refractivity contribution in [1.82, 2.24) is 5.32 Å². The van der Waals surface area contributed by atoms with Gasteiger partial charge in [0, 0.05) is 6.04 Å². The molecule has 4 nitrogen and oxygen atoms in total. The molecule has 16 heavy (non-hydrogen) atoms. The van der Waals surface area contributed by atoms with Crippen LogP contribution in [0.3, 0.4) is 0 Å². The van der Waals surface area contributed by atoms with Gasteiger partial charge >= 0.3 is 5.97 Å².